The molecule has 0 amide bonds. The predicted molar refractivity (Wildman–Crippen MR) is 128 cm³/mol. The van der Waals surface area contributed by atoms with Gasteiger partial charge in [0, 0.05) is 44.8 Å². The Bertz CT molecular complexity index is 1140. The average molecular weight is 505 g/mol. The van der Waals surface area contributed by atoms with Crippen LogP contribution in [0.4, 0.5) is 18.9 Å². The number of halogens is 3. The fourth-order valence-electron chi connectivity index (χ4n) is 3.57. The Labute approximate surface area is 207 Å². The van der Waals surface area contributed by atoms with Crippen LogP contribution in [0.15, 0.2) is 60.8 Å². The Kier molecular flexibility index (Phi) is 9.13. The summed E-state index contributed by atoms with van der Waals surface area (Å²) in [5, 5.41) is 8.93. The lowest BCUT2D eigenvalue weighted by Crippen LogP contribution is -2.17. The summed E-state index contributed by atoms with van der Waals surface area (Å²) in [5.74, 6) is -0.797. The molecule has 0 atom stereocenters. The first-order valence-corrected chi connectivity index (χ1v) is 11.1. The van der Waals surface area contributed by atoms with E-state index in [1.165, 1.54) is 24.3 Å². The van der Waals surface area contributed by atoms with Gasteiger partial charge in [0.2, 0.25) is 0 Å². The molecule has 36 heavy (non-hydrogen) atoms. The Morgan fingerprint density at radius 1 is 1.08 bits per heavy atom. The Balaban J connectivity index is 1.68. The van der Waals surface area contributed by atoms with Gasteiger partial charge in [-0.25, -0.2) is 4.79 Å². The lowest BCUT2D eigenvalue weighted by molar-refractivity contribution is -0.274. The molecule has 0 spiro atoms. The van der Waals surface area contributed by atoms with Crippen LogP contribution in [-0.2, 0) is 22.5 Å². The van der Waals surface area contributed by atoms with Gasteiger partial charge in [0.25, 0.3) is 0 Å². The number of pyridine rings is 1. The number of alkyl halides is 3. The number of aryl methyl sites for hydroxylation is 1. The molecule has 2 aromatic carbocycles. The van der Waals surface area contributed by atoms with E-state index in [1.807, 2.05) is 36.2 Å². The summed E-state index contributed by atoms with van der Waals surface area (Å²) < 4.78 is 51.5. The second kappa shape index (κ2) is 12.3. The smallest absolute Gasteiger partial charge is 0.482 e. The van der Waals surface area contributed by atoms with E-state index in [-0.39, 0.29) is 5.75 Å². The summed E-state index contributed by atoms with van der Waals surface area (Å²) in [6.45, 7) is 0.718. The van der Waals surface area contributed by atoms with Gasteiger partial charge in [0.1, 0.15) is 11.5 Å². The van der Waals surface area contributed by atoms with Crippen LogP contribution in [0, 0.1) is 0 Å². The Hall–Kier alpha value is -3.79. The highest BCUT2D eigenvalue weighted by atomic mass is 19.4. The summed E-state index contributed by atoms with van der Waals surface area (Å²) in [4.78, 5) is 17.4. The van der Waals surface area contributed by atoms with Crippen LogP contribution in [0.2, 0.25) is 0 Å². The fraction of sp³-hybridized carbons (Fsp3) is 0.308. The fourth-order valence-corrected chi connectivity index (χ4v) is 3.57. The van der Waals surface area contributed by atoms with Crippen LogP contribution in [0.25, 0.3) is 11.3 Å². The molecule has 0 aliphatic rings. The number of aromatic nitrogens is 1. The minimum absolute atomic E-state index is 0.287. The topological polar surface area (TPSA) is 81.1 Å². The van der Waals surface area contributed by atoms with Crippen molar-refractivity contribution in [3.63, 3.8) is 0 Å². The number of rotatable bonds is 12. The van der Waals surface area contributed by atoms with Gasteiger partial charge < -0.3 is 24.2 Å². The van der Waals surface area contributed by atoms with Crippen molar-refractivity contribution in [2.45, 2.75) is 25.7 Å². The molecule has 0 bridgehead atoms. The predicted octanol–water partition coefficient (Wildman–Crippen LogP) is 5.33. The van der Waals surface area contributed by atoms with Crippen LogP contribution >= 0.6 is 0 Å². The highest BCUT2D eigenvalue weighted by Gasteiger charge is 2.31. The van der Waals surface area contributed by atoms with Crippen LogP contribution in [-0.4, -0.2) is 49.8 Å². The summed E-state index contributed by atoms with van der Waals surface area (Å²) >= 11 is 0. The van der Waals surface area contributed by atoms with Gasteiger partial charge in [-0.05, 0) is 72.5 Å². The van der Waals surface area contributed by atoms with E-state index in [1.54, 1.807) is 19.4 Å². The summed E-state index contributed by atoms with van der Waals surface area (Å²) in [5.41, 5.74) is 4.05. The van der Waals surface area contributed by atoms with Crippen LogP contribution in [0.5, 0.6) is 11.5 Å². The van der Waals surface area contributed by atoms with Crippen molar-refractivity contribution in [3.8, 4) is 22.8 Å². The number of hydrogen-bond acceptors (Lipinski definition) is 6. The molecule has 7 nitrogen and oxygen atoms in total. The SMILES string of the molecule is COCCCc1cc(N(C)Cc2ccc(-c3ccc(OC(F)(F)F)cc3)nc2)ccc1OCC(=O)O. The van der Waals surface area contributed by atoms with Gasteiger partial charge in [-0.1, -0.05) is 6.07 Å². The lowest BCUT2D eigenvalue weighted by atomic mass is 10.1. The number of carboxylic acid groups (broad SMARTS) is 1. The maximum absolute atomic E-state index is 12.3. The zero-order valence-corrected chi connectivity index (χ0v) is 19.9. The quantitative estimate of drug-likeness (QED) is 0.334. The zero-order chi connectivity index (χ0) is 26.1. The monoisotopic (exact) mass is 504 g/mol. The summed E-state index contributed by atoms with van der Waals surface area (Å²) in [6, 6.07) is 14.9. The molecule has 0 saturated carbocycles. The molecule has 1 heterocycles. The molecule has 0 radical (unpaired) electrons. The van der Waals surface area contributed by atoms with E-state index in [0.717, 1.165) is 23.2 Å². The van der Waals surface area contributed by atoms with E-state index >= 15 is 0 Å². The van der Waals surface area contributed by atoms with E-state index in [2.05, 4.69) is 9.72 Å². The molecule has 1 N–H and O–H groups in total. The molecule has 3 rings (SSSR count). The number of nitrogens with zero attached hydrogens (tertiary/aromatic N) is 2. The normalized spacial score (nSPS) is 11.2. The number of carbonyl (C=O) groups is 1. The van der Waals surface area contributed by atoms with Gasteiger partial charge in [-0.15, -0.1) is 13.2 Å². The molecule has 10 heteroatoms. The standard InChI is InChI=1S/C26H27F3N2O5/c1-31(21-8-12-24(35-17-25(32)33)20(14-21)4-3-13-34-2)16-18-5-11-23(30-15-18)19-6-9-22(10-7-19)36-26(27,28)29/h5-12,14-15H,3-4,13,16-17H2,1-2H3,(H,32,33). The van der Waals surface area contributed by atoms with Crippen molar-refractivity contribution in [1.29, 1.82) is 0 Å². The first kappa shape index (κ1) is 26.8. The van der Waals surface area contributed by atoms with E-state index < -0.39 is 18.9 Å². The third kappa shape index (κ3) is 8.16. The van der Waals surface area contributed by atoms with Crippen molar-refractivity contribution in [1.82, 2.24) is 4.98 Å². The summed E-state index contributed by atoms with van der Waals surface area (Å²) in [6.07, 6.45) is -1.57. The molecular weight excluding hydrogens is 477 g/mol. The number of anilines is 1. The van der Waals surface area contributed by atoms with Gasteiger partial charge in [0.05, 0.1) is 5.69 Å². The second-order valence-corrected chi connectivity index (χ2v) is 8.05. The largest absolute Gasteiger partial charge is 0.573 e. The number of benzene rings is 2. The highest BCUT2D eigenvalue weighted by Crippen LogP contribution is 2.28. The third-order valence-electron chi connectivity index (χ3n) is 5.26. The second-order valence-electron chi connectivity index (χ2n) is 8.05. The molecule has 3 aromatic rings. The molecule has 0 unspecified atom stereocenters. The lowest BCUT2D eigenvalue weighted by Gasteiger charge is -2.21. The number of ether oxygens (including phenoxy) is 3. The molecule has 0 fully saturated rings. The first-order chi connectivity index (χ1) is 17.1. The van der Waals surface area contributed by atoms with Crippen molar-refractivity contribution >= 4 is 11.7 Å². The van der Waals surface area contributed by atoms with Gasteiger partial charge in [-0.2, -0.15) is 0 Å². The average Bonchev–Trinajstić information content (AvgIpc) is 2.83. The molecule has 0 aliphatic heterocycles. The third-order valence-corrected chi connectivity index (χ3v) is 5.26. The van der Waals surface area contributed by atoms with Gasteiger partial charge in [0.15, 0.2) is 6.61 Å². The molecule has 192 valence electrons. The highest BCUT2D eigenvalue weighted by molar-refractivity contribution is 5.68. The van der Waals surface area contributed by atoms with E-state index in [9.17, 15) is 18.0 Å². The van der Waals surface area contributed by atoms with Crippen molar-refractivity contribution in [2.24, 2.45) is 0 Å². The zero-order valence-electron chi connectivity index (χ0n) is 19.9. The van der Waals surface area contributed by atoms with Crippen LogP contribution in [0.3, 0.4) is 0 Å². The number of methoxy groups -OCH3 is 1. The number of aliphatic carboxylic acids is 1. The van der Waals surface area contributed by atoms with Crippen LogP contribution < -0.4 is 14.4 Å². The van der Waals surface area contributed by atoms with Gasteiger partial charge in [-0.3, -0.25) is 4.98 Å². The maximum Gasteiger partial charge on any atom is 0.573 e. The van der Waals surface area contributed by atoms with Crippen molar-refractivity contribution < 1.29 is 37.3 Å². The molecular formula is C26H27F3N2O5. The van der Waals surface area contributed by atoms with Crippen LogP contribution in [0.1, 0.15) is 17.5 Å². The van der Waals surface area contributed by atoms with E-state index in [4.69, 9.17) is 14.6 Å². The molecule has 1 aromatic heterocycles. The number of carboxylic acids is 1. The maximum atomic E-state index is 12.3. The first-order valence-electron chi connectivity index (χ1n) is 11.1. The molecule has 0 saturated heterocycles. The van der Waals surface area contributed by atoms with E-state index in [0.29, 0.717) is 36.6 Å². The Morgan fingerprint density at radius 2 is 1.83 bits per heavy atom. The minimum Gasteiger partial charge on any atom is -0.482 e. The number of hydrogen-bond donors (Lipinski definition) is 1. The van der Waals surface area contributed by atoms with Crippen molar-refractivity contribution in [3.05, 3.63) is 71.9 Å². The molecule has 0 aliphatic carbocycles. The van der Waals surface area contributed by atoms with Gasteiger partial charge >= 0.3 is 12.3 Å². The minimum atomic E-state index is -4.73. The Morgan fingerprint density at radius 3 is 2.44 bits per heavy atom. The van der Waals surface area contributed by atoms with Crippen molar-refractivity contribution in [2.75, 3.05) is 32.3 Å². The summed E-state index contributed by atoms with van der Waals surface area (Å²) in [7, 11) is 3.56.